The Morgan fingerprint density at radius 1 is 1.14 bits per heavy atom. The zero-order chi connectivity index (χ0) is 14.7. The fraction of sp³-hybridized carbons (Fsp3) is 0.200. The first-order chi connectivity index (χ1) is 10.3. The van der Waals surface area contributed by atoms with Crippen molar-refractivity contribution in [2.75, 3.05) is 25.6 Å². The number of rotatable bonds is 5. The summed E-state index contributed by atoms with van der Waals surface area (Å²) >= 11 is 6.00. The maximum atomic E-state index is 6.00. The average molecular weight is 303 g/mol. The zero-order valence-electron chi connectivity index (χ0n) is 11.6. The van der Waals surface area contributed by atoms with E-state index >= 15 is 0 Å². The highest BCUT2D eigenvalue weighted by Crippen LogP contribution is 2.18. The molecule has 1 heterocycles. The highest BCUT2D eigenvalue weighted by molar-refractivity contribution is 6.30. The molecule has 0 aliphatic heterocycles. The van der Waals surface area contributed by atoms with Gasteiger partial charge in [-0.05, 0) is 36.4 Å². The first kappa shape index (κ1) is 13.9. The number of benzene rings is 2. The quantitative estimate of drug-likeness (QED) is 0.736. The molecule has 0 spiro atoms. The van der Waals surface area contributed by atoms with E-state index in [2.05, 4.69) is 15.5 Å². The molecule has 0 aliphatic rings. The molecule has 21 heavy (non-hydrogen) atoms. The molecule has 0 fully saturated rings. The third kappa shape index (κ3) is 3.15. The fourth-order valence-electron chi connectivity index (χ4n) is 2.04. The van der Waals surface area contributed by atoms with Gasteiger partial charge in [0.05, 0.1) is 12.3 Å². The number of halogens is 1. The largest absolute Gasteiger partial charge is 0.383 e. The van der Waals surface area contributed by atoms with Gasteiger partial charge in [0.2, 0.25) is 0 Å². The smallest absolute Gasteiger partial charge is 0.115 e. The molecular formula is C15H15ClN4O. The van der Waals surface area contributed by atoms with Crippen LogP contribution in [0.25, 0.3) is 16.7 Å². The summed E-state index contributed by atoms with van der Waals surface area (Å²) in [4.78, 5) is 1.59. The molecule has 108 valence electrons. The third-order valence-electron chi connectivity index (χ3n) is 3.05. The van der Waals surface area contributed by atoms with E-state index in [4.69, 9.17) is 16.3 Å². The SMILES string of the molecule is COCCNc1ccc2nn(-c3cccc(Cl)c3)nc2c1. The number of fused-ring (bicyclic) bond motifs is 1. The topological polar surface area (TPSA) is 52.0 Å². The van der Waals surface area contributed by atoms with Crippen molar-refractivity contribution in [3.63, 3.8) is 0 Å². The Morgan fingerprint density at radius 2 is 2.00 bits per heavy atom. The molecule has 3 aromatic rings. The van der Waals surface area contributed by atoms with Crippen LogP contribution in [0.5, 0.6) is 0 Å². The highest BCUT2D eigenvalue weighted by atomic mass is 35.5. The fourth-order valence-corrected chi connectivity index (χ4v) is 2.22. The zero-order valence-corrected chi connectivity index (χ0v) is 12.3. The summed E-state index contributed by atoms with van der Waals surface area (Å²) in [6.45, 7) is 1.41. The van der Waals surface area contributed by atoms with Gasteiger partial charge in [-0.1, -0.05) is 17.7 Å². The van der Waals surface area contributed by atoms with Gasteiger partial charge in [-0.25, -0.2) is 0 Å². The molecule has 5 nitrogen and oxygen atoms in total. The van der Waals surface area contributed by atoms with Gasteiger partial charge in [0.1, 0.15) is 11.0 Å². The number of nitrogens with zero attached hydrogens (tertiary/aromatic N) is 3. The molecule has 2 aromatic carbocycles. The molecule has 3 rings (SSSR count). The second-order valence-corrected chi connectivity index (χ2v) is 5.03. The highest BCUT2D eigenvalue weighted by Gasteiger charge is 2.06. The number of nitrogens with one attached hydrogen (secondary N) is 1. The Labute approximate surface area is 127 Å². The van der Waals surface area contributed by atoms with Gasteiger partial charge in [-0.15, -0.1) is 10.2 Å². The van der Waals surface area contributed by atoms with Crippen LogP contribution in [0.2, 0.25) is 5.02 Å². The lowest BCUT2D eigenvalue weighted by molar-refractivity contribution is 0.211. The molecule has 0 saturated carbocycles. The molecule has 0 atom stereocenters. The van der Waals surface area contributed by atoms with Crippen LogP contribution in [-0.2, 0) is 4.74 Å². The number of hydrogen-bond donors (Lipinski definition) is 1. The van der Waals surface area contributed by atoms with Crippen LogP contribution in [0.4, 0.5) is 5.69 Å². The molecule has 1 aromatic heterocycles. The first-order valence-corrected chi connectivity index (χ1v) is 7.00. The summed E-state index contributed by atoms with van der Waals surface area (Å²) in [5.74, 6) is 0. The predicted molar refractivity (Wildman–Crippen MR) is 84.2 cm³/mol. The van der Waals surface area contributed by atoms with E-state index in [9.17, 15) is 0 Å². The summed E-state index contributed by atoms with van der Waals surface area (Å²) in [5.41, 5.74) is 3.51. The van der Waals surface area contributed by atoms with Crippen LogP contribution in [0.1, 0.15) is 0 Å². The van der Waals surface area contributed by atoms with E-state index in [0.29, 0.717) is 11.6 Å². The number of hydrogen-bond acceptors (Lipinski definition) is 4. The Bertz CT molecular complexity index is 756. The minimum absolute atomic E-state index is 0.660. The van der Waals surface area contributed by atoms with Crippen molar-refractivity contribution >= 4 is 28.3 Å². The Balaban J connectivity index is 1.89. The van der Waals surface area contributed by atoms with Crippen molar-refractivity contribution in [3.05, 3.63) is 47.5 Å². The predicted octanol–water partition coefficient (Wildman–Crippen LogP) is 3.13. The Hall–Kier alpha value is -2.11. The average Bonchev–Trinajstić information content (AvgIpc) is 2.91. The molecule has 0 amide bonds. The lowest BCUT2D eigenvalue weighted by atomic mass is 10.3. The maximum Gasteiger partial charge on any atom is 0.115 e. The van der Waals surface area contributed by atoms with Crippen molar-refractivity contribution in [1.29, 1.82) is 0 Å². The van der Waals surface area contributed by atoms with Crippen LogP contribution in [0, 0.1) is 0 Å². The van der Waals surface area contributed by atoms with E-state index in [1.54, 1.807) is 11.9 Å². The van der Waals surface area contributed by atoms with Crippen LogP contribution in [0.15, 0.2) is 42.5 Å². The van der Waals surface area contributed by atoms with Crippen molar-refractivity contribution in [3.8, 4) is 5.69 Å². The number of methoxy groups -OCH3 is 1. The summed E-state index contributed by atoms with van der Waals surface area (Å²) < 4.78 is 5.02. The first-order valence-electron chi connectivity index (χ1n) is 6.62. The van der Waals surface area contributed by atoms with E-state index in [0.717, 1.165) is 29.0 Å². The molecule has 0 saturated heterocycles. The molecule has 0 bridgehead atoms. The van der Waals surface area contributed by atoms with Gasteiger partial charge < -0.3 is 10.1 Å². The third-order valence-corrected chi connectivity index (χ3v) is 3.29. The summed E-state index contributed by atoms with van der Waals surface area (Å²) in [5, 5.41) is 12.9. The van der Waals surface area contributed by atoms with Crippen LogP contribution >= 0.6 is 11.6 Å². The summed E-state index contributed by atoms with van der Waals surface area (Å²) in [6, 6.07) is 13.3. The molecule has 0 aliphatic carbocycles. The van der Waals surface area contributed by atoms with Crippen LogP contribution in [0.3, 0.4) is 0 Å². The van der Waals surface area contributed by atoms with Gasteiger partial charge in [-0.2, -0.15) is 4.80 Å². The van der Waals surface area contributed by atoms with Crippen molar-refractivity contribution in [2.45, 2.75) is 0 Å². The molecule has 0 unspecified atom stereocenters. The lowest BCUT2D eigenvalue weighted by Gasteiger charge is -2.04. The number of aromatic nitrogens is 3. The molecular weight excluding hydrogens is 288 g/mol. The molecule has 0 radical (unpaired) electrons. The minimum Gasteiger partial charge on any atom is -0.383 e. The number of ether oxygens (including phenoxy) is 1. The van der Waals surface area contributed by atoms with Crippen molar-refractivity contribution in [1.82, 2.24) is 15.0 Å². The molecule has 6 heteroatoms. The second-order valence-electron chi connectivity index (χ2n) is 4.59. The van der Waals surface area contributed by atoms with E-state index in [1.807, 2.05) is 42.5 Å². The van der Waals surface area contributed by atoms with Gasteiger partial charge in [-0.3, -0.25) is 0 Å². The van der Waals surface area contributed by atoms with Gasteiger partial charge in [0.25, 0.3) is 0 Å². The second kappa shape index (κ2) is 6.11. The van der Waals surface area contributed by atoms with E-state index in [-0.39, 0.29) is 0 Å². The van der Waals surface area contributed by atoms with Crippen molar-refractivity contribution in [2.24, 2.45) is 0 Å². The van der Waals surface area contributed by atoms with Crippen LogP contribution in [-0.4, -0.2) is 35.3 Å². The standard InChI is InChI=1S/C15H15ClN4O/c1-21-8-7-17-12-5-6-14-15(10-12)19-20(18-14)13-4-2-3-11(16)9-13/h2-6,9-10,17H,7-8H2,1H3. The molecule has 1 N–H and O–H groups in total. The minimum atomic E-state index is 0.660. The Morgan fingerprint density at radius 3 is 2.81 bits per heavy atom. The monoisotopic (exact) mass is 302 g/mol. The van der Waals surface area contributed by atoms with E-state index in [1.165, 1.54) is 0 Å². The van der Waals surface area contributed by atoms with Gasteiger partial charge in [0, 0.05) is 24.4 Å². The van der Waals surface area contributed by atoms with Gasteiger partial charge in [0.15, 0.2) is 0 Å². The van der Waals surface area contributed by atoms with E-state index < -0.39 is 0 Å². The summed E-state index contributed by atoms with van der Waals surface area (Å²) in [7, 11) is 1.68. The normalized spacial score (nSPS) is 11.0. The van der Waals surface area contributed by atoms with Crippen LogP contribution < -0.4 is 5.32 Å². The van der Waals surface area contributed by atoms with Gasteiger partial charge >= 0.3 is 0 Å². The summed E-state index contributed by atoms with van der Waals surface area (Å²) in [6.07, 6.45) is 0. The maximum absolute atomic E-state index is 6.00. The van der Waals surface area contributed by atoms with Crippen molar-refractivity contribution < 1.29 is 4.74 Å². The number of anilines is 1. The Kier molecular flexibility index (Phi) is 4.03. The lowest BCUT2D eigenvalue weighted by Crippen LogP contribution is -2.07.